The third-order valence-electron chi connectivity index (χ3n) is 5.47. The first-order valence-corrected chi connectivity index (χ1v) is 10.3. The third-order valence-corrected chi connectivity index (χ3v) is 6.33. The number of para-hydroxylation sites is 1. The first kappa shape index (κ1) is 17.3. The molecule has 1 fully saturated rings. The number of benzene rings is 1. The quantitative estimate of drug-likeness (QED) is 0.807. The second kappa shape index (κ2) is 7.23. The van der Waals surface area contributed by atoms with Gasteiger partial charge in [0.1, 0.15) is 0 Å². The van der Waals surface area contributed by atoms with Gasteiger partial charge >= 0.3 is 0 Å². The van der Waals surface area contributed by atoms with E-state index in [1.54, 1.807) is 0 Å². The van der Waals surface area contributed by atoms with Crippen LogP contribution in [0.5, 0.6) is 0 Å². The van der Waals surface area contributed by atoms with Crippen LogP contribution in [0.1, 0.15) is 40.1 Å². The lowest BCUT2D eigenvalue weighted by Crippen LogP contribution is -2.48. The molecule has 2 aliphatic rings. The summed E-state index contributed by atoms with van der Waals surface area (Å²) in [6, 6.07) is 10.1. The minimum atomic E-state index is -0.0989. The number of hydrogen-bond donors (Lipinski definition) is 0. The SMILES string of the molecule is Cc1cccc2c1N(C(=O)[C@@H]1CCCN(C(=O)c3cccs3)C1)CCC2. The molecule has 0 saturated carbocycles. The van der Waals surface area contributed by atoms with E-state index in [1.165, 1.54) is 16.9 Å². The van der Waals surface area contributed by atoms with Crippen molar-refractivity contribution in [1.82, 2.24) is 4.90 Å². The van der Waals surface area contributed by atoms with Gasteiger partial charge in [0.05, 0.1) is 10.8 Å². The normalized spacial score (nSPS) is 20.0. The molecule has 1 saturated heterocycles. The van der Waals surface area contributed by atoms with Crippen molar-refractivity contribution < 1.29 is 9.59 Å². The molecule has 4 rings (SSSR count). The number of rotatable bonds is 2. The molecule has 136 valence electrons. The molecule has 0 spiro atoms. The van der Waals surface area contributed by atoms with Crippen molar-refractivity contribution in [1.29, 1.82) is 0 Å². The van der Waals surface area contributed by atoms with Crippen LogP contribution in [0.4, 0.5) is 5.69 Å². The van der Waals surface area contributed by atoms with Gasteiger partial charge in [-0.25, -0.2) is 0 Å². The smallest absolute Gasteiger partial charge is 0.263 e. The van der Waals surface area contributed by atoms with Crippen molar-refractivity contribution in [3.05, 3.63) is 51.7 Å². The Morgan fingerprint density at radius 2 is 2.00 bits per heavy atom. The maximum absolute atomic E-state index is 13.3. The second-order valence-corrected chi connectivity index (χ2v) is 8.19. The van der Waals surface area contributed by atoms with Crippen molar-refractivity contribution >= 4 is 28.8 Å². The monoisotopic (exact) mass is 368 g/mol. The average molecular weight is 369 g/mol. The van der Waals surface area contributed by atoms with E-state index in [2.05, 4.69) is 25.1 Å². The lowest BCUT2D eigenvalue weighted by molar-refractivity contribution is -0.123. The van der Waals surface area contributed by atoms with E-state index in [0.29, 0.717) is 6.54 Å². The lowest BCUT2D eigenvalue weighted by atomic mass is 9.92. The molecular weight excluding hydrogens is 344 g/mol. The summed E-state index contributed by atoms with van der Waals surface area (Å²) in [6.45, 7) is 4.15. The fourth-order valence-corrected chi connectivity index (χ4v) is 4.90. The summed E-state index contributed by atoms with van der Waals surface area (Å²) in [4.78, 5) is 30.6. The molecule has 3 heterocycles. The minimum Gasteiger partial charge on any atom is -0.337 e. The zero-order valence-electron chi connectivity index (χ0n) is 15.1. The van der Waals surface area contributed by atoms with E-state index in [4.69, 9.17) is 0 Å². The molecule has 0 unspecified atom stereocenters. The average Bonchev–Trinajstić information content (AvgIpc) is 3.21. The number of nitrogens with zero attached hydrogens (tertiary/aromatic N) is 2. The van der Waals surface area contributed by atoms with Gasteiger partial charge in [0.2, 0.25) is 5.91 Å². The molecule has 26 heavy (non-hydrogen) atoms. The molecule has 1 atom stereocenters. The van der Waals surface area contributed by atoms with Gasteiger partial charge in [-0.1, -0.05) is 24.3 Å². The number of anilines is 1. The van der Waals surface area contributed by atoms with Crippen LogP contribution in [0.15, 0.2) is 35.7 Å². The molecule has 2 aliphatic heterocycles. The minimum absolute atomic E-state index is 0.0627. The molecule has 1 aromatic carbocycles. The summed E-state index contributed by atoms with van der Waals surface area (Å²) >= 11 is 1.47. The molecule has 0 N–H and O–H groups in total. The second-order valence-electron chi connectivity index (χ2n) is 7.24. The van der Waals surface area contributed by atoms with Gasteiger partial charge in [-0.2, -0.15) is 0 Å². The fourth-order valence-electron chi connectivity index (χ4n) is 4.21. The van der Waals surface area contributed by atoms with E-state index in [-0.39, 0.29) is 17.7 Å². The van der Waals surface area contributed by atoms with Gasteiger partial charge in [-0.3, -0.25) is 9.59 Å². The molecule has 0 aliphatic carbocycles. The number of likely N-dealkylation sites (tertiary alicyclic amines) is 1. The van der Waals surface area contributed by atoms with Crippen LogP contribution in [0.3, 0.4) is 0 Å². The first-order chi connectivity index (χ1) is 12.6. The lowest BCUT2D eigenvalue weighted by Gasteiger charge is -2.37. The molecular formula is C21H24N2O2S. The Morgan fingerprint density at radius 3 is 2.81 bits per heavy atom. The van der Waals surface area contributed by atoms with Crippen LogP contribution < -0.4 is 4.90 Å². The number of aryl methyl sites for hydroxylation is 2. The number of carbonyl (C=O) groups excluding carboxylic acids is 2. The summed E-state index contributed by atoms with van der Waals surface area (Å²) in [5.74, 6) is 0.148. The highest BCUT2D eigenvalue weighted by molar-refractivity contribution is 7.12. The van der Waals surface area contributed by atoms with Gasteiger partial charge in [0.15, 0.2) is 0 Å². The van der Waals surface area contributed by atoms with E-state index < -0.39 is 0 Å². The number of amides is 2. The standard InChI is InChI=1S/C21H24N2O2S/c1-15-6-2-7-16-8-4-12-23(19(15)16)20(24)17-9-3-11-22(14-17)21(25)18-10-5-13-26-18/h2,5-7,10,13,17H,3-4,8-9,11-12,14H2,1H3/t17-/m1/s1. The van der Waals surface area contributed by atoms with E-state index in [9.17, 15) is 9.59 Å². The van der Waals surface area contributed by atoms with Crippen LogP contribution >= 0.6 is 11.3 Å². The van der Waals surface area contributed by atoms with Gasteiger partial charge in [-0.05, 0) is 55.2 Å². The zero-order chi connectivity index (χ0) is 18.1. The van der Waals surface area contributed by atoms with Crippen LogP contribution in [0.25, 0.3) is 0 Å². The van der Waals surface area contributed by atoms with Crippen molar-refractivity contribution in [3.63, 3.8) is 0 Å². The maximum Gasteiger partial charge on any atom is 0.263 e. The van der Waals surface area contributed by atoms with E-state index >= 15 is 0 Å². The molecule has 0 bridgehead atoms. The van der Waals surface area contributed by atoms with E-state index in [0.717, 1.165) is 54.9 Å². The van der Waals surface area contributed by atoms with Gasteiger partial charge in [0, 0.05) is 25.3 Å². The Morgan fingerprint density at radius 1 is 1.12 bits per heavy atom. The Bertz CT molecular complexity index is 815. The largest absolute Gasteiger partial charge is 0.337 e. The highest BCUT2D eigenvalue weighted by atomic mass is 32.1. The molecule has 1 aromatic heterocycles. The Labute approximate surface area is 158 Å². The summed E-state index contributed by atoms with van der Waals surface area (Å²) in [7, 11) is 0. The Hall–Kier alpha value is -2.14. The molecule has 2 amide bonds. The van der Waals surface area contributed by atoms with Crippen molar-refractivity contribution in [2.45, 2.75) is 32.6 Å². The Balaban J connectivity index is 1.53. The van der Waals surface area contributed by atoms with Crippen molar-refractivity contribution in [2.75, 3.05) is 24.5 Å². The van der Waals surface area contributed by atoms with Crippen molar-refractivity contribution in [3.8, 4) is 0 Å². The summed E-state index contributed by atoms with van der Waals surface area (Å²) in [5.41, 5.74) is 3.54. The number of carbonyl (C=O) groups is 2. The van der Waals surface area contributed by atoms with Gasteiger partial charge < -0.3 is 9.80 Å². The van der Waals surface area contributed by atoms with Crippen LogP contribution in [-0.4, -0.2) is 36.3 Å². The maximum atomic E-state index is 13.3. The summed E-state index contributed by atoms with van der Waals surface area (Å²) < 4.78 is 0. The first-order valence-electron chi connectivity index (χ1n) is 9.38. The topological polar surface area (TPSA) is 40.6 Å². The van der Waals surface area contributed by atoms with Crippen molar-refractivity contribution in [2.24, 2.45) is 5.92 Å². The Kier molecular flexibility index (Phi) is 4.81. The van der Waals surface area contributed by atoms with Crippen LogP contribution in [0.2, 0.25) is 0 Å². The fraction of sp³-hybridized carbons (Fsp3) is 0.429. The predicted octanol–water partition coefficient (Wildman–Crippen LogP) is 3.89. The molecule has 5 heteroatoms. The summed E-state index contributed by atoms with van der Waals surface area (Å²) in [5, 5.41) is 1.92. The number of thiophene rings is 1. The van der Waals surface area contributed by atoms with Crippen LogP contribution in [-0.2, 0) is 11.2 Å². The van der Waals surface area contributed by atoms with Crippen LogP contribution in [0, 0.1) is 12.8 Å². The highest BCUT2D eigenvalue weighted by Gasteiger charge is 2.34. The zero-order valence-corrected chi connectivity index (χ0v) is 15.9. The highest BCUT2D eigenvalue weighted by Crippen LogP contribution is 2.33. The number of fused-ring (bicyclic) bond motifs is 1. The predicted molar refractivity (Wildman–Crippen MR) is 105 cm³/mol. The third kappa shape index (κ3) is 3.16. The number of hydrogen-bond acceptors (Lipinski definition) is 3. The molecule has 0 radical (unpaired) electrons. The van der Waals surface area contributed by atoms with E-state index in [1.807, 2.05) is 27.3 Å². The molecule has 4 nitrogen and oxygen atoms in total. The van der Waals surface area contributed by atoms with Gasteiger partial charge in [0.25, 0.3) is 5.91 Å². The number of piperidine rings is 1. The summed E-state index contributed by atoms with van der Waals surface area (Å²) in [6.07, 6.45) is 3.80. The van der Waals surface area contributed by atoms with Gasteiger partial charge in [-0.15, -0.1) is 11.3 Å². The molecule has 2 aromatic rings.